The highest BCUT2D eigenvalue weighted by molar-refractivity contribution is 9.10. The lowest BCUT2D eigenvalue weighted by Crippen LogP contribution is -2.29. The fourth-order valence-electron chi connectivity index (χ4n) is 1.05. The number of hydrogen-bond acceptors (Lipinski definition) is 2. The average Bonchev–Trinajstić information content (AvgIpc) is 2.20. The Kier molecular flexibility index (Phi) is 4.55. The van der Waals surface area contributed by atoms with Gasteiger partial charge in [-0.15, -0.1) is 0 Å². The number of hydrogen-bond donors (Lipinski definition) is 1. The Balaban J connectivity index is 2.82. The fourth-order valence-corrected chi connectivity index (χ4v) is 1.52. The molecule has 0 aromatic heterocycles. The van der Waals surface area contributed by atoms with Crippen LogP contribution >= 0.6 is 15.9 Å². The van der Waals surface area contributed by atoms with Gasteiger partial charge in [0, 0.05) is 12.6 Å². The Morgan fingerprint density at radius 1 is 1.44 bits per heavy atom. The Labute approximate surface area is 108 Å². The standard InChI is InChI=1S/C10H8BrF4NO2/c1-5(12)18-8-3-2-6(4-7(8)11)16-9(17)10(13,14)15/h2-5H,1H3,(H,16,17). The van der Waals surface area contributed by atoms with E-state index in [0.717, 1.165) is 6.92 Å². The largest absolute Gasteiger partial charge is 0.471 e. The maximum Gasteiger partial charge on any atom is 0.471 e. The highest BCUT2D eigenvalue weighted by Gasteiger charge is 2.38. The van der Waals surface area contributed by atoms with Crippen molar-refractivity contribution in [3.8, 4) is 5.75 Å². The van der Waals surface area contributed by atoms with Crippen molar-refractivity contribution in [3.63, 3.8) is 0 Å². The molecule has 8 heteroatoms. The third kappa shape index (κ3) is 4.17. The van der Waals surface area contributed by atoms with Crippen LogP contribution in [0.5, 0.6) is 5.75 Å². The van der Waals surface area contributed by atoms with Crippen LogP contribution < -0.4 is 10.1 Å². The van der Waals surface area contributed by atoms with Gasteiger partial charge in [-0.25, -0.2) is 4.39 Å². The summed E-state index contributed by atoms with van der Waals surface area (Å²) in [5, 5.41) is 1.66. The molecule has 0 bridgehead atoms. The van der Waals surface area contributed by atoms with Crippen molar-refractivity contribution in [3.05, 3.63) is 22.7 Å². The van der Waals surface area contributed by atoms with Gasteiger partial charge < -0.3 is 10.1 Å². The highest BCUT2D eigenvalue weighted by atomic mass is 79.9. The summed E-state index contributed by atoms with van der Waals surface area (Å²) in [5.74, 6) is -1.96. The zero-order valence-corrected chi connectivity index (χ0v) is 10.6. The molecule has 0 aliphatic carbocycles. The van der Waals surface area contributed by atoms with Gasteiger partial charge in [-0.05, 0) is 34.1 Å². The van der Waals surface area contributed by atoms with Gasteiger partial charge in [-0.3, -0.25) is 4.79 Å². The van der Waals surface area contributed by atoms with Crippen LogP contribution in [0.2, 0.25) is 0 Å². The molecule has 1 amide bonds. The molecule has 3 nitrogen and oxygen atoms in total. The molecule has 0 saturated carbocycles. The van der Waals surface area contributed by atoms with Crippen LogP contribution in [-0.2, 0) is 4.79 Å². The number of carbonyl (C=O) groups excluding carboxylic acids is 1. The van der Waals surface area contributed by atoms with Crippen LogP contribution in [0.3, 0.4) is 0 Å². The number of benzene rings is 1. The summed E-state index contributed by atoms with van der Waals surface area (Å²) in [6.07, 6.45) is -6.52. The average molecular weight is 330 g/mol. The van der Waals surface area contributed by atoms with Crippen molar-refractivity contribution in [2.75, 3.05) is 5.32 Å². The van der Waals surface area contributed by atoms with Gasteiger partial charge in [0.15, 0.2) is 0 Å². The minimum absolute atomic E-state index is 0.0805. The van der Waals surface area contributed by atoms with Crippen LogP contribution in [0.1, 0.15) is 6.92 Å². The minimum atomic E-state index is -4.96. The molecule has 1 aromatic carbocycles. The quantitative estimate of drug-likeness (QED) is 0.860. The van der Waals surface area contributed by atoms with Crippen molar-refractivity contribution < 1.29 is 27.1 Å². The van der Waals surface area contributed by atoms with Crippen molar-refractivity contribution in [2.24, 2.45) is 0 Å². The molecule has 1 unspecified atom stereocenters. The van der Waals surface area contributed by atoms with Crippen LogP contribution in [0.25, 0.3) is 0 Å². The highest BCUT2D eigenvalue weighted by Crippen LogP contribution is 2.29. The number of halogens is 5. The summed E-state index contributed by atoms with van der Waals surface area (Å²) in [7, 11) is 0. The van der Waals surface area contributed by atoms with Gasteiger partial charge >= 0.3 is 12.1 Å². The van der Waals surface area contributed by atoms with Crippen molar-refractivity contribution in [1.82, 2.24) is 0 Å². The molecule has 0 spiro atoms. The van der Waals surface area contributed by atoms with E-state index in [1.165, 1.54) is 18.2 Å². The number of alkyl halides is 4. The maximum atomic E-state index is 12.6. The monoisotopic (exact) mass is 329 g/mol. The number of amides is 1. The molecule has 1 aromatic rings. The predicted octanol–water partition coefficient (Wildman–Crippen LogP) is 3.64. The second kappa shape index (κ2) is 5.55. The zero-order chi connectivity index (χ0) is 13.9. The molecule has 0 heterocycles. The van der Waals surface area contributed by atoms with Crippen LogP contribution in [-0.4, -0.2) is 18.4 Å². The van der Waals surface area contributed by atoms with Crippen LogP contribution in [0.4, 0.5) is 23.2 Å². The van der Waals surface area contributed by atoms with Gasteiger partial charge in [-0.2, -0.15) is 13.2 Å². The van der Waals surface area contributed by atoms with E-state index >= 15 is 0 Å². The van der Waals surface area contributed by atoms with E-state index < -0.39 is 18.4 Å². The van der Waals surface area contributed by atoms with Crippen LogP contribution in [0, 0.1) is 0 Å². The minimum Gasteiger partial charge on any atom is -0.460 e. The number of nitrogens with one attached hydrogen (secondary N) is 1. The summed E-state index contributed by atoms with van der Waals surface area (Å²) in [4.78, 5) is 10.7. The third-order valence-electron chi connectivity index (χ3n) is 1.74. The molecule has 100 valence electrons. The molecule has 1 atom stereocenters. The predicted molar refractivity (Wildman–Crippen MR) is 60.0 cm³/mol. The lowest BCUT2D eigenvalue weighted by atomic mass is 10.3. The van der Waals surface area contributed by atoms with Gasteiger partial charge in [0.1, 0.15) is 5.75 Å². The summed E-state index contributed by atoms with van der Waals surface area (Å²) < 4.78 is 53.5. The molecule has 0 aliphatic rings. The SMILES string of the molecule is CC(F)Oc1ccc(NC(=O)C(F)(F)F)cc1Br. The number of carbonyl (C=O) groups is 1. The van der Waals surface area contributed by atoms with E-state index in [2.05, 4.69) is 15.9 Å². The molecule has 18 heavy (non-hydrogen) atoms. The lowest BCUT2D eigenvalue weighted by Gasteiger charge is -2.11. The van der Waals surface area contributed by atoms with E-state index in [1.54, 1.807) is 5.32 Å². The topological polar surface area (TPSA) is 38.3 Å². The smallest absolute Gasteiger partial charge is 0.460 e. The Morgan fingerprint density at radius 3 is 2.50 bits per heavy atom. The van der Waals surface area contributed by atoms with Crippen molar-refractivity contribution >= 4 is 27.5 Å². The second-order valence-electron chi connectivity index (χ2n) is 3.26. The number of ether oxygens (including phenoxy) is 1. The zero-order valence-electron chi connectivity index (χ0n) is 9.02. The van der Waals surface area contributed by atoms with Crippen molar-refractivity contribution in [1.29, 1.82) is 0 Å². The van der Waals surface area contributed by atoms with Gasteiger partial charge in [0.25, 0.3) is 0 Å². The van der Waals surface area contributed by atoms with E-state index in [9.17, 15) is 22.4 Å². The molecule has 1 rings (SSSR count). The Morgan fingerprint density at radius 2 is 2.06 bits per heavy atom. The Hall–Kier alpha value is -1.31. The van der Waals surface area contributed by atoms with Gasteiger partial charge in [-0.1, -0.05) is 0 Å². The van der Waals surface area contributed by atoms with Crippen molar-refractivity contribution in [2.45, 2.75) is 19.5 Å². The van der Waals surface area contributed by atoms with Gasteiger partial charge in [0.2, 0.25) is 6.36 Å². The van der Waals surface area contributed by atoms with E-state index in [4.69, 9.17) is 4.74 Å². The van der Waals surface area contributed by atoms with Crippen LogP contribution in [0.15, 0.2) is 22.7 Å². The Bertz CT molecular complexity index is 448. The first kappa shape index (κ1) is 14.7. The van der Waals surface area contributed by atoms with E-state index in [1.807, 2.05) is 0 Å². The molecule has 0 radical (unpaired) electrons. The number of rotatable bonds is 3. The lowest BCUT2D eigenvalue weighted by molar-refractivity contribution is -0.167. The summed E-state index contributed by atoms with van der Waals surface area (Å²) in [6.45, 7) is 1.16. The summed E-state index contributed by atoms with van der Waals surface area (Å²) in [6, 6.07) is 3.60. The second-order valence-corrected chi connectivity index (χ2v) is 4.11. The molecule has 0 aliphatic heterocycles. The number of anilines is 1. The summed E-state index contributed by atoms with van der Waals surface area (Å²) >= 11 is 2.99. The normalized spacial score (nSPS) is 13.0. The summed E-state index contributed by atoms with van der Waals surface area (Å²) in [5.41, 5.74) is -0.0805. The molecule has 0 saturated heterocycles. The fraction of sp³-hybridized carbons (Fsp3) is 0.300. The third-order valence-corrected chi connectivity index (χ3v) is 2.36. The first-order valence-corrected chi connectivity index (χ1v) is 5.48. The molecular formula is C10H8BrF4NO2. The molecule has 1 N–H and O–H groups in total. The first-order chi connectivity index (χ1) is 8.20. The van der Waals surface area contributed by atoms with E-state index in [-0.39, 0.29) is 15.9 Å². The van der Waals surface area contributed by atoms with E-state index in [0.29, 0.717) is 0 Å². The maximum absolute atomic E-state index is 12.6. The van der Waals surface area contributed by atoms with Gasteiger partial charge in [0.05, 0.1) is 4.47 Å². The molecule has 0 fully saturated rings. The molecular weight excluding hydrogens is 322 g/mol. The first-order valence-electron chi connectivity index (χ1n) is 4.68.